The summed E-state index contributed by atoms with van der Waals surface area (Å²) in [5.41, 5.74) is 4.94. The number of hydrogen-bond donors (Lipinski definition) is 2. The Bertz CT molecular complexity index is 1580. The molecule has 1 amide bonds. The smallest absolute Gasteiger partial charge is 0.320 e. The Morgan fingerprint density at radius 3 is 2.40 bits per heavy atom. The third kappa shape index (κ3) is 6.36. The molecule has 0 radical (unpaired) electrons. The average molecular weight is 567 g/mol. The maximum absolute atomic E-state index is 12.2. The quantitative estimate of drug-likeness (QED) is 0.165. The van der Waals surface area contributed by atoms with Crippen LogP contribution >= 0.6 is 0 Å². The second-order valence-electron chi connectivity index (χ2n) is 10.8. The van der Waals surface area contributed by atoms with Gasteiger partial charge in [0, 0.05) is 34.7 Å². The SMILES string of the molecule is CN(C)CC(=O)OCC1(c2ccc(C#Cc3ccc4c(cnn4CC[C@](C)(C(=O)NO)S(C)(=O)=O)c3)cc2)CC1. The Kier molecular flexibility index (Phi) is 8.35. The number of ether oxygens (including phenoxy) is 1. The maximum atomic E-state index is 12.2. The van der Waals surface area contributed by atoms with E-state index in [1.165, 1.54) is 12.4 Å². The molecule has 1 saturated carbocycles. The third-order valence-electron chi connectivity index (χ3n) is 7.50. The number of amides is 1. The van der Waals surface area contributed by atoms with E-state index < -0.39 is 20.5 Å². The molecule has 2 aromatic carbocycles. The topological polar surface area (TPSA) is 131 Å². The molecule has 0 aliphatic heterocycles. The van der Waals surface area contributed by atoms with E-state index >= 15 is 0 Å². The second kappa shape index (κ2) is 11.4. The minimum atomic E-state index is -3.79. The van der Waals surface area contributed by atoms with Crippen molar-refractivity contribution < 1.29 is 28.0 Å². The fourth-order valence-electron chi connectivity index (χ4n) is 4.49. The van der Waals surface area contributed by atoms with Gasteiger partial charge in [-0.1, -0.05) is 24.0 Å². The molecule has 3 aromatic rings. The fraction of sp³-hybridized carbons (Fsp3) is 0.414. The monoisotopic (exact) mass is 566 g/mol. The van der Waals surface area contributed by atoms with Gasteiger partial charge in [0.2, 0.25) is 0 Å². The van der Waals surface area contributed by atoms with Gasteiger partial charge in [0.05, 0.1) is 18.3 Å². The van der Waals surface area contributed by atoms with Gasteiger partial charge in [0.1, 0.15) is 6.61 Å². The number of rotatable bonds is 10. The van der Waals surface area contributed by atoms with Crippen LogP contribution in [-0.2, 0) is 36.1 Å². The molecule has 0 unspecified atom stereocenters. The number of fused-ring (bicyclic) bond motifs is 1. The Morgan fingerprint density at radius 2 is 1.80 bits per heavy atom. The number of likely N-dealkylation sites (N-methyl/N-ethyl adjacent to an activating group) is 1. The molecule has 0 spiro atoms. The summed E-state index contributed by atoms with van der Waals surface area (Å²) in [4.78, 5) is 25.8. The molecule has 1 aliphatic carbocycles. The molecule has 1 aliphatic rings. The number of nitrogens with one attached hydrogen (secondary N) is 1. The van der Waals surface area contributed by atoms with Gasteiger partial charge in [0.15, 0.2) is 14.6 Å². The lowest BCUT2D eigenvalue weighted by Gasteiger charge is -2.25. The molecular weight excluding hydrogens is 532 g/mol. The Balaban J connectivity index is 1.42. The van der Waals surface area contributed by atoms with Crippen LogP contribution in [0.4, 0.5) is 0 Å². The molecule has 10 nitrogen and oxygen atoms in total. The van der Waals surface area contributed by atoms with Gasteiger partial charge in [-0.05, 0) is 76.2 Å². The van der Waals surface area contributed by atoms with Crippen molar-refractivity contribution >= 4 is 32.6 Å². The van der Waals surface area contributed by atoms with Crippen LogP contribution < -0.4 is 5.48 Å². The first-order valence-corrected chi connectivity index (χ1v) is 14.8. The van der Waals surface area contributed by atoms with E-state index in [-0.39, 0.29) is 30.9 Å². The molecule has 4 rings (SSSR count). The first-order chi connectivity index (χ1) is 18.9. The summed E-state index contributed by atoms with van der Waals surface area (Å²) in [7, 11) is -0.124. The molecule has 40 heavy (non-hydrogen) atoms. The number of hydrogen-bond acceptors (Lipinski definition) is 8. The summed E-state index contributed by atoms with van der Waals surface area (Å²) in [6, 6.07) is 13.7. The number of aryl methyl sites for hydroxylation is 1. The molecule has 2 N–H and O–H groups in total. The number of aromatic nitrogens is 2. The first kappa shape index (κ1) is 29.3. The van der Waals surface area contributed by atoms with Gasteiger partial charge in [-0.25, -0.2) is 13.9 Å². The van der Waals surface area contributed by atoms with E-state index in [9.17, 15) is 18.0 Å². The van der Waals surface area contributed by atoms with Crippen LogP contribution in [-0.4, -0.2) is 78.4 Å². The van der Waals surface area contributed by atoms with Crippen molar-refractivity contribution in [3.63, 3.8) is 0 Å². The number of carbonyl (C=O) groups is 2. The van der Waals surface area contributed by atoms with Crippen LogP contribution in [0.5, 0.6) is 0 Å². The number of nitrogens with zero attached hydrogens (tertiary/aromatic N) is 3. The van der Waals surface area contributed by atoms with Crippen LogP contribution in [0.1, 0.15) is 42.9 Å². The van der Waals surface area contributed by atoms with Gasteiger partial charge < -0.3 is 4.74 Å². The molecule has 1 atom stereocenters. The third-order valence-corrected chi connectivity index (χ3v) is 9.53. The Morgan fingerprint density at radius 1 is 1.15 bits per heavy atom. The van der Waals surface area contributed by atoms with Crippen LogP contribution in [0.3, 0.4) is 0 Å². The van der Waals surface area contributed by atoms with E-state index in [1.807, 2.05) is 56.6 Å². The normalized spacial score (nSPS) is 15.7. The lowest BCUT2D eigenvalue weighted by Crippen LogP contribution is -2.49. The van der Waals surface area contributed by atoms with Gasteiger partial charge >= 0.3 is 5.97 Å². The van der Waals surface area contributed by atoms with Gasteiger partial charge in [-0.2, -0.15) is 5.10 Å². The highest BCUT2D eigenvalue weighted by Gasteiger charge is 2.45. The number of carbonyl (C=O) groups excluding carboxylic acids is 2. The lowest BCUT2D eigenvalue weighted by molar-refractivity contribution is -0.145. The largest absolute Gasteiger partial charge is 0.464 e. The predicted octanol–water partition coefficient (Wildman–Crippen LogP) is 2.27. The number of hydroxylamine groups is 1. The number of benzene rings is 2. The van der Waals surface area contributed by atoms with Crippen molar-refractivity contribution in [2.24, 2.45) is 0 Å². The molecule has 0 saturated heterocycles. The number of sulfone groups is 1. The van der Waals surface area contributed by atoms with Crippen molar-refractivity contribution in [2.75, 3.05) is 33.5 Å². The second-order valence-corrected chi connectivity index (χ2v) is 13.3. The highest BCUT2D eigenvalue weighted by Crippen LogP contribution is 2.48. The van der Waals surface area contributed by atoms with Crippen LogP contribution in [0.15, 0.2) is 48.7 Å². The summed E-state index contributed by atoms with van der Waals surface area (Å²) in [6.07, 6.45) is 4.55. The van der Waals surface area contributed by atoms with Crippen molar-refractivity contribution in [3.8, 4) is 11.8 Å². The summed E-state index contributed by atoms with van der Waals surface area (Å²) in [5.74, 6) is 5.15. The zero-order valence-corrected chi connectivity index (χ0v) is 23.9. The Labute approximate surface area is 234 Å². The molecule has 1 aromatic heterocycles. The van der Waals surface area contributed by atoms with E-state index in [1.54, 1.807) is 15.8 Å². The zero-order chi connectivity index (χ0) is 29.1. The van der Waals surface area contributed by atoms with Crippen LogP contribution in [0, 0.1) is 11.8 Å². The van der Waals surface area contributed by atoms with Gasteiger partial charge in [0.25, 0.3) is 5.91 Å². The van der Waals surface area contributed by atoms with E-state index in [2.05, 4.69) is 16.9 Å². The predicted molar refractivity (Wildman–Crippen MR) is 150 cm³/mol. The molecule has 0 bridgehead atoms. The van der Waals surface area contributed by atoms with E-state index in [4.69, 9.17) is 9.94 Å². The van der Waals surface area contributed by atoms with Gasteiger partial charge in [-0.15, -0.1) is 0 Å². The molecule has 11 heteroatoms. The first-order valence-electron chi connectivity index (χ1n) is 12.9. The summed E-state index contributed by atoms with van der Waals surface area (Å²) < 4.78 is 29.8. The highest BCUT2D eigenvalue weighted by molar-refractivity contribution is 7.92. The van der Waals surface area contributed by atoms with Crippen molar-refractivity contribution in [2.45, 2.75) is 42.9 Å². The molecule has 212 valence electrons. The van der Waals surface area contributed by atoms with Crippen LogP contribution in [0.25, 0.3) is 10.9 Å². The zero-order valence-electron chi connectivity index (χ0n) is 23.1. The molecule has 1 heterocycles. The van der Waals surface area contributed by atoms with Crippen LogP contribution in [0.2, 0.25) is 0 Å². The Hall–Kier alpha value is -3.72. The molecular formula is C29H34N4O6S. The number of esters is 1. The van der Waals surface area contributed by atoms with Gasteiger partial charge in [-0.3, -0.25) is 24.4 Å². The minimum absolute atomic E-state index is 0.0631. The standard InChI is InChI=1S/C29H34N4O6S/c1-28(27(35)31-36,40(4,37)38)15-16-33-25-12-9-22(17-23(25)18-30-33)6-5-21-7-10-24(11-8-21)29(13-14-29)20-39-26(34)19-32(2)3/h7-12,17-18,36H,13-16,19-20H2,1-4H3,(H,31,35)/t28-/m1/s1. The lowest BCUT2D eigenvalue weighted by atomic mass is 9.96. The summed E-state index contributed by atoms with van der Waals surface area (Å²) >= 11 is 0. The van der Waals surface area contributed by atoms with Crippen molar-refractivity contribution in [1.29, 1.82) is 0 Å². The van der Waals surface area contributed by atoms with E-state index in [0.29, 0.717) is 6.61 Å². The van der Waals surface area contributed by atoms with Crippen molar-refractivity contribution in [3.05, 3.63) is 65.4 Å². The maximum Gasteiger partial charge on any atom is 0.320 e. The summed E-state index contributed by atoms with van der Waals surface area (Å²) in [5, 5.41) is 14.2. The fourth-order valence-corrected chi connectivity index (χ4v) is 5.33. The minimum Gasteiger partial charge on any atom is -0.464 e. The highest BCUT2D eigenvalue weighted by atomic mass is 32.2. The molecule has 1 fully saturated rings. The van der Waals surface area contributed by atoms with E-state index in [0.717, 1.165) is 46.7 Å². The average Bonchev–Trinajstić information content (AvgIpc) is 3.60. The summed E-state index contributed by atoms with van der Waals surface area (Å²) in [6.45, 7) is 2.10. The van der Waals surface area contributed by atoms with Crippen molar-refractivity contribution in [1.82, 2.24) is 20.2 Å².